The maximum Gasteiger partial charge on any atom is 0.340 e. The smallest absolute Gasteiger partial charge is 0.340 e. The van der Waals surface area contributed by atoms with Crippen molar-refractivity contribution >= 4 is 39.6 Å². The molecule has 0 bridgehead atoms. The van der Waals surface area contributed by atoms with E-state index in [0.29, 0.717) is 22.2 Å². The van der Waals surface area contributed by atoms with Crippen LogP contribution < -0.4 is 4.74 Å². The van der Waals surface area contributed by atoms with Gasteiger partial charge in [0.1, 0.15) is 17.3 Å². The molecular formula is C34H31ClN2O7S. The quantitative estimate of drug-likeness (QED) is 0.141. The summed E-state index contributed by atoms with van der Waals surface area (Å²) in [5.74, 6) is 0.261. The van der Waals surface area contributed by atoms with Gasteiger partial charge in [0.05, 0.1) is 43.4 Å². The van der Waals surface area contributed by atoms with E-state index < -0.39 is 21.9 Å². The number of carbonyl (C=O) groups is 2. The third-order valence-corrected chi connectivity index (χ3v) is 9.41. The van der Waals surface area contributed by atoms with Crippen molar-refractivity contribution in [2.45, 2.75) is 31.5 Å². The number of sulfonamides is 1. The number of nitrogens with zero attached hydrogens (tertiary/aromatic N) is 2. The predicted octanol–water partition coefficient (Wildman–Crippen LogP) is 6.21. The fraction of sp³-hybridized carbons (Fsp3) is 0.176. The lowest BCUT2D eigenvalue weighted by molar-refractivity contribution is -0.136. The number of ether oxygens (including phenoxy) is 2. The number of amides is 1. The molecule has 9 nitrogen and oxygen atoms in total. The molecule has 0 aliphatic carbocycles. The van der Waals surface area contributed by atoms with Crippen LogP contribution in [0, 0.1) is 0 Å². The molecule has 4 aromatic rings. The molecule has 0 saturated heterocycles. The summed E-state index contributed by atoms with van der Waals surface area (Å²) in [6, 6.07) is 25.6. The number of furan rings is 1. The van der Waals surface area contributed by atoms with Crippen molar-refractivity contribution in [2.24, 2.45) is 0 Å². The summed E-state index contributed by atoms with van der Waals surface area (Å²) in [6.07, 6.45) is 1.48. The van der Waals surface area contributed by atoms with Gasteiger partial charge in [-0.3, -0.25) is 4.79 Å². The van der Waals surface area contributed by atoms with Crippen molar-refractivity contribution in [3.63, 3.8) is 0 Å². The fourth-order valence-corrected chi connectivity index (χ4v) is 6.51. The highest BCUT2D eigenvalue weighted by molar-refractivity contribution is 7.89. The summed E-state index contributed by atoms with van der Waals surface area (Å²) in [6.45, 7) is 1.90. The highest BCUT2D eigenvalue weighted by Crippen LogP contribution is 2.33. The Morgan fingerprint density at radius 1 is 0.911 bits per heavy atom. The first-order chi connectivity index (χ1) is 21.6. The minimum absolute atomic E-state index is 0.0682. The molecule has 1 aromatic heterocycles. The largest absolute Gasteiger partial charge is 0.497 e. The zero-order valence-corrected chi connectivity index (χ0v) is 26.5. The van der Waals surface area contributed by atoms with Gasteiger partial charge >= 0.3 is 5.97 Å². The Bertz CT molecular complexity index is 1860. The van der Waals surface area contributed by atoms with Crippen LogP contribution in [-0.4, -0.2) is 43.7 Å². The summed E-state index contributed by atoms with van der Waals surface area (Å²) in [5.41, 5.74) is 2.27. The lowest BCUT2D eigenvalue weighted by atomic mass is 10.1. The summed E-state index contributed by atoms with van der Waals surface area (Å²) in [5, 5.41) is 0.541. The van der Waals surface area contributed by atoms with Gasteiger partial charge in [-0.15, -0.1) is 0 Å². The molecule has 1 amide bonds. The van der Waals surface area contributed by atoms with E-state index >= 15 is 0 Å². The second kappa shape index (κ2) is 13.6. The maximum absolute atomic E-state index is 13.7. The normalized spacial score (nSPS) is 14.5. The predicted molar refractivity (Wildman–Crippen MR) is 169 cm³/mol. The van der Waals surface area contributed by atoms with Crippen molar-refractivity contribution in [1.29, 1.82) is 0 Å². The Hall–Kier alpha value is -4.64. The van der Waals surface area contributed by atoms with E-state index in [0.717, 1.165) is 11.1 Å². The summed E-state index contributed by atoms with van der Waals surface area (Å²) >= 11 is 6.04. The Morgan fingerprint density at radius 3 is 2.22 bits per heavy atom. The molecule has 0 unspecified atom stereocenters. The van der Waals surface area contributed by atoms with Crippen LogP contribution >= 0.6 is 11.6 Å². The number of carbonyl (C=O) groups excluding carboxylic acids is 2. The molecule has 1 aliphatic heterocycles. The topological polar surface area (TPSA) is 106 Å². The molecule has 2 heterocycles. The molecule has 232 valence electrons. The first kappa shape index (κ1) is 31.8. The van der Waals surface area contributed by atoms with Crippen molar-refractivity contribution in [1.82, 2.24) is 9.21 Å². The number of halogens is 1. The molecular weight excluding hydrogens is 616 g/mol. The van der Waals surface area contributed by atoms with Crippen LogP contribution in [0.2, 0.25) is 5.02 Å². The number of methoxy groups -OCH3 is 2. The maximum atomic E-state index is 13.7. The third kappa shape index (κ3) is 7.04. The molecule has 0 saturated carbocycles. The lowest BCUT2D eigenvalue weighted by Crippen LogP contribution is -2.30. The van der Waals surface area contributed by atoms with Crippen LogP contribution in [0.1, 0.15) is 29.6 Å². The number of benzene rings is 3. The Kier molecular flexibility index (Phi) is 9.57. The van der Waals surface area contributed by atoms with E-state index in [-0.39, 0.29) is 41.4 Å². The molecule has 5 rings (SSSR count). The van der Waals surface area contributed by atoms with Crippen LogP contribution in [0.15, 0.2) is 117 Å². The first-order valence-electron chi connectivity index (χ1n) is 13.9. The highest BCUT2D eigenvalue weighted by atomic mass is 35.5. The molecule has 0 atom stereocenters. The van der Waals surface area contributed by atoms with E-state index in [1.165, 1.54) is 34.5 Å². The van der Waals surface area contributed by atoms with Crippen molar-refractivity contribution < 1.29 is 31.9 Å². The average molecular weight is 647 g/mol. The number of rotatable bonds is 11. The van der Waals surface area contributed by atoms with Gasteiger partial charge in [-0.25, -0.2) is 13.2 Å². The van der Waals surface area contributed by atoms with Crippen molar-refractivity contribution in [3.8, 4) is 5.75 Å². The third-order valence-electron chi connectivity index (χ3n) is 7.36. The molecule has 0 spiro atoms. The van der Waals surface area contributed by atoms with Gasteiger partial charge < -0.3 is 18.8 Å². The lowest BCUT2D eigenvalue weighted by Gasteiger charge is -2.21. The van der Waals surface area contributed by atoms with Crippen LogP contribution in [0.5, 0.6) is 5.75 Å². The van der Waals surface area contributed by atoms with Gasteiger partial charge in [-0.2, -0.15) is 4.31 Å². The van der Waals surface area contributed by atoms with Gasteiger partial charge in [0, 0.05) is 17.3 Å². The van der Waals surface area contributed by atoms with E-state index in [1.54, 1.807) is 80.8 Å². The van der Waals surface area contributed by atoms with E-state index in [4.69, 9.17) is 25.5 Å². The number of hydrogen-bond acceptors (Lipinski definition) is 7. The van der Waals surface area contributed by atoms with Crippen LogP contribution in [0.3, 0.4) is 0 Å². The second-order valence-corrected chi connectivity index (χ2v) is 12.6. The summed E-state index contributed by atoms with van der Waals surface area (Å²) in [4.78, 5) is 28.1. The van der Waals surface area contributed by atoms with Crippen LogP contribution in [-0.2, 0) is 44.0 Å². The zero-order chi connectivity index (χ0) is 32.1. The van der Waals surface area contributed by atoms with Gasteiger partial charge in [-0.1, -0.05) is 54.1 Å². The minimum Gasteiger partial charge on any atom is -0.497 e. The van der Waals surface area contributed by atoms with E-state index in [1.807, 2.05) is 12.1 Å². The van der Waals surface area contributed by atoms with Crippen LogP contribution in [0.25, 0.3) is 6.08 Å². The average Bonchev–Trinajstić information content (AvgIpc) is 3.59. The SMILES string of the molecule is COC(=O)C1=C(C)N(Cc2ccc(OC)cc2)C(=O)/C1=C/c1ccc(CN(Cc2ccc(Cl)cc2)S(=O)(=O)c2ccccc2)o1. The van der Waals surface area contributed by atoms with Gasteiger partial charge in [0.2, 0.25) is 10.0 Å². The second-order valence-electron chi connectivity index (χ2n) is 10.3. The molecule has 1 aliphatic rings. The van der Waals surface area contributed by atoms with E-state index in [9.17, 15) is 18.0 Å². The number of allylic oxidation sites excluding steroid dienone is 1. The van der Waals surface area contributed by atoms with Crippen LogP contribution in [0.4, 0.5) is 0 Å². The molecule has 0 fully saturated rings. The molecule has 0 N–H and O–H groups in total. The van der Waals surface area contributed by atoms with Gasteiger partial charge in [0.25, 0.3) is 5.91 Å². The minimum atomic E-state index is -3.91. The van der Waals surface area contributed by atoms with Crippen molar-refractivity contribution in [2.75, 3.05) is 14.2 Å². The van der Waals surface area contributed by atoms with Gasteiger partial charge in [0.15, 0.2) is 0 Å². The van der Waals surface area contributed by atoms with E-state index in [2.05, 4.69) is 0 Å². The Morgan fingerprint density at radius 2 is 1.58 bits per heavy atom. The molecule has 3 aromatic carbocycles. The highest BCUT2D eigenvalue weighted by Gasteiger charge is 2.37. The first-order valence-corrected chi connectivity index (χ1v) is 15.8. The summed E-state index contributed by atoms with van der Waals surface area (Å²) in [7, 11) is -1.09. The standard InChI is InChI=1S/C34H31ClN2O7S/c1-23-32(34(39)43-3)31(33(38)37(23)21-25-11-15-27(42-2)16-12-25)19-28-17-18-29(44-28)22-36(20-24-9-13-26(35)14-10-24)45(40,41)30-7-5-4-6-8-30/h4-19H,20-22H2,1-3H3/b31-19+. The zero-order valence-electron chi connectivity index (χ0n) is 24.9. The number of esters is 1. The molecule has 0 radical (unpaired) electrons. The Balaban J connectivity index is 1.44. The number of hydrogen-bond donors (Lipinski definition) is 0. The molecule has 11 heteroatoms. The molecule has 45 heavy (non-hydrogen) atoms. The van der Waals surface area contributed by atoms with Gasteiger partial charge in [-0.05, 0) is 72.7 Å². The van der Waals surface area contributed by atoms with Crippen molar-refractivity contribution in [3.05, 3.63) is 136 Å². The monoisotopic (exact) mass is 646 g/mol. The fourth-order valence-electron chi connectivity index (χ4n) is 4.97. The Labute approximate surface area is 267 Å². The summed E-state index contributed by atoms with van der Waals surface area (Å²) < 4.78 is 44.9.